The normalized spacial score (nSPS) is 26.6. The van der Waals surface area contributed by atoms with Gasteiger partial charge in [-0.1, -0.05) is 0 Å². The predicted molar refractivity (Wildman–Crippen MR) is 78.5 cm³/mol. The molecule has 2 aliphatic heterocycles. The van der Waals surface area contributed by atoms with Crippen molar-refractivity contribution in [3.8, 4) is 0 Å². The number of carbonyl (C=O) groups excluding carboxylic acids is 2. The zero-order valence-electron chi connectivity index (χ0n) is 12.3. The molecule has 0 bridgehead atoms. The molecule has 7 nitrogen and oxygen atoms in total. The Balaban J connectivity index is 1.74. The fraction of sp³-hybridized carbons (Fsp3) is 0.846. The van der Waals surface area contributed by atoms with Gasteiger partial charge in [0.15, 0.2) is 9.84 Å². The Kier molecular flexibility index (Phi) is 5.21. The van der Waals surface area contributed by atoms with Crippen molar-refractivity contribution in [2.45, 2.75) is 38.3 Å². The fourth-order valence-corrected chi connectivity index (χ4v) is 4.27. The molecular formula is C13H23N3O4S. The van der Waals surface area contributed by atoms with Crippen molar-refractivity contribution in [2.24, 2.45) is 0 Å². The van der Waals surface area contributed by atoms with Crippen LogP contribution in [0.3, 0.4) is 0 Å². The van der Waals surface area contributed by atoms with Crippen molar-refractivity contribution in [1.29, 1.82) is 0 Å². The fourth-order valence-electron chi connectivity index (χ4n) is 2.83. The smallest absolute Gasteiger partial charge is 0.222 e. The van der Waals surface area contributed by atoms with Crippen LogP contribution in [0.15, 0.2) is 0 Å². The molecule has 0 saturated carbocycles. The van der Waals surface area contributed by atoms with Crippen molar-refractivity contribution in [2.75, 3.05) is 31.1 Å². The lowest BCUT2D eigenvalue weighted by Crippen LogP contribution is -2.49. The summed E-state index contributed by atoms with van der Waals surface area (Å²) in [5.74, 6) is 0.109. The van der Waals surface area contributed by atoms with E-state index in [-0.39, 0.29) is 41.8 Å². The molecule has 2 saturated heterocycles. The molecule has 2 unspecified atom stereocenters. The molecule has 0 aromatic rings. The number of sulfone groups is 1. The molecule has 0 aliphatic carbocycles. The van der Waals surface area contributed by atoms with Gasteiger partial charge in [-0.2, -0.15) is 0 Å². The topological polar surface area (TPSA) is 95.6 Å². The minimum atomic E-state index is -3.03. The van der Waals surface area contributed by atoms with Gasteiger partial charge >= 0.3 is 0 Å². The van der Waals surface area contributed by atoms with E-state index in [1.165, 1.54) is 0 Å². The van der Waals surface area contributed by atoms with E-state index in [0.29, 0.717) is 19.5 Å². The molecule has 2 atom stereocenters. The van der Waals surface area contributed by atoms with Gasteiger partial charge in [-0.05, 0) is 13.3 Å². The molecule has 2 aliphatic rings. The van der Waals surface area contributed by atoms with Gasteiger partial charge in [-0.15, -0.1) is 0 Å². The number of carbonyl (C=O) groups is 2. The van der Waals surface area contributed by atoms with Gasteiger partial charge in [0, 0.05) is 44.6 Å². The van der Waals surface area contributed by atoms with Gasteiger partial charge in [0.25, 0.3) is 0 Å². The van der Waals surface area contributed by atoms with E-state index < -0.39 is 9.84 Å². The summed E-state index contributed by atoms with van der Waals surface area (Å²) in [5, 5.41) is 5.89. The van der Waals surface area contributed by atoms with Crippen molar-refractivity contribution < 1.29 is 18.0 Å². The van der Waals surface area contributed by atoms with Crippen LogP contribution in [0.5, 0.6) is 0 Å². The molecule has 21 heavy (non-hydrogen) atoms. The predicted octanol–water partition coefficient (Wildman–Crippen LogP) is -1.11. The van der Waals surface area contributed by atoms with E-state index in [9.17, 15) is 18.0 Å². The third-order valence-electron chi connectivity index (χ3n) is 3.81. The highest BCUT2D eigenvalue weighted by Gasteiger charge is 2.27. The molecule has 8 heteroatoms. The molecule has 2 amide bonds. The van der Waals surface area contributed by atoms with Crippen molar-refractivity contribution >= 4 is 21.7 Å². The summed E-state index contributed by atoms with van der Waals surface area (Å²) in [6, 6.07) is -0.441. The number of rotatable bonds is 5. The van der Waals surface area contributed by atoms with E-state index in [2.05, 4.69) is 10.6 Å². The van der Waals surface area contributed by atoms with Crippen LogP contribution in [0.1, 0.15) is 26.2 Å². The van der Waals surface area contributed by atoms with Crippen molar-refractivity contribution in [1.82, 2.24) is 15.5 Å². The summed E-state index contributed by atoms with van der Waals surface area (Å²) in [5.41, 5.74) is 0. The average Bonchev–Trinajstić information content (AvgIpc) is 2.73. The highest BCUT2D eigenvalue weighted by atomic mass is 32.2. The van der Waals surface area contributed by atoms with Crippen LogP contribution in [0.4, 0.5) is 0 Å². The second kappa shape index (κ2) is 6.74. The highest BCUT2D eigenvalue weighted by Crippen LogP contribution is 2.10. The first-order valence-corrected chi connectivity index (χ1v) is 9.19. The summed E-state index contributed by atoms with van der Waals surface area (Å²) in [4.78, 5) is 25.2. The number of likely N-dealkylation sites (tertiary alicyclic amines) is 1. The zero-order valence-corrected chi connectivity index (χ0v) is 13.1. The minimum Gasteiger partial charge on any atom is -0.352 e. The zero-order chi connectivity index (χ0) is 15.5. The molecule has 0 radical (unpaired) electrons. The lowest BCUT2D eigenvalue weighted by Gasteiger charge is -2.25. The highest BCUT2D eigenvalue weighted by molar-refractivity contribution is 7.91. The number of hydrogen-bond acceptors (Lipinski definition) is 5. The Morgan fingerprint density at radius 2 is 2.29 bits per heavy atom. The van der Waals surface area contributed by atoms with E-state index >= 15 is 0 Å². The second-order valence-corrected chi connectivity index (χ2v) is 8.11. The molecule has 0 aromatic carbocycles. The first-order chi connectivity index (χ1) is 9.85. The van der Waals surface area contributed by atoms with Crippen molar-refractivity contribution in [3.05, 3.63) is 0 Å². The number of amides is 2. The van der Waals surface area contributed by atoms with E-state index in [0.717, 1.165) is 13.0 Å². The van der Waals surface area contributed by atoms with Crippen LogP contribution in [0, 0.1) is 0 Å². The summed E-state index contributed by atoms with van der Waals surface area (Å²) in [6.45, 7) is 3.52. The summed E-state index contributed by atoms with van der Waals surface area (Å²) in [7, 11) is -3.03. The first-order valence-electron chi connectivity index (χ1n) is 7.37. The van der Waals surface area contributed by atoms with Gasteiger partial charge < -0.3 is 15.5 Å². The quantitative estimate of drug-likeness (QED) is 0.670. The molecule has 0 aromatic heterocycles. The Hall–Kier alpha value is -1.15. The molecular weight excluding hydrogens is 294 g/mol. The average molecular weight is 317 g/mol. The molecule has 2 heterocycles. The number of nitrogens with one attached hydrogen (secondary N) is 2. The Morgan fingerprint density at radius 3 is 2.90 bits per heavy atom. The summed E-state index contributed by atoms with van der Waals surface area (Å²) >= 11 is 0. The summed E-state index contributed by atoms with van der Waals surface area (Å²) < 4.78 is 23.0. The second-order valence-electron chi connectivity index (χ2n) is 5.88. The molecule has 2 rings (SSSR count). The lowest BCUT2D eigenvalue weighted by molar-refractivity contribution is -0.129. The maximum Gasteiger partial charge on any atom is 0.222 e. The van der Waals surface area contributed by atoms with Crippen LogP contribution in [-0.2, 0) is 19.4 Å². The van der Waals surface area contributed by atoms with E-state index in [4.69, 9.17) is 0 Å². The minimum absolute atomic E-state index is 0.0133. The van der Waals surface area contributed by atoms with Gasteiger partial charge in [0.2, 0.25) is 11.8 Å². The third-order valence-corrected chi connectivity index (χ3v) is 5.54. The Labute approximate surface area is 125 Å². The Bertz CT molecular complexity index is 506. The maximum atomic E-state index is 11.9. The Morgan fingerprint density at radius 1 is 1.52 bits per heavy atom. The maximum absolute atomic E-state index is 11.9. The SMILES string of the molecule is CC(CN1CCCC1=O)NC(=O)CC1CS(=O)(=O)CCN1. The summed E-state index contributed by atoms with van der Waals surface area (Å²) in [6.07, 6.45) is 1.62. The van der Waals surface area contributed by atoms with Gasteiger partial charge in [0.1, 0.15) is 0 Å². The van der Waals surface area contributed by atoms with E-state index in [1.807, 2.05) is 6.92 Å². The lowest BCUT2D eigenvalue weighted by atomic mass is 10.2. The van der Waals surface area contributed by atoms with Crippen LogP contribution in [0.2, 0.25) is 0 Å². The van der Waals surface area contributed by atoms with Crippen LogP contribution in [0.25, 0.3) is 0 Å². The van der Waals surface area contributed by atoms with Gasteiger partial charge in [0.05, 0.1) is 11.5 Å². The van der Waals surface area contributed by atoms with Crippen LogP contribution in [-0.4, -0.2) is 68.4 Å². The molecule has 2 fully saturated rings. The molecule has 2 N–H and O–H groups in total. The van der Waals surface area contributed by atoms with Gasteiger partial charge in [-0.25, -0.2) is 8.42 Å². The van der Waals surface area contributed by atoms with Crippen LogP contribution < -0.4 is 10.6 Å². The number of nitrogens with zero attached hydrogens (tertiary/aromatic N) is 1. The first kappa shape index (κ1) is 16.2. The largest absolute Gasteiger partial charge is 0.352 e. The van der Waals surface area contributed by atoms with E-state index in [1.54, 1.807) is 4.90 Å². The number of hydrogen-bond donors (Lipinski definition) is 2. The van der Waals surface area contributed by atoms with Crippen molar-refractivity contribution in [3.63, 3.8) is 0 Å². The monoisotopic (exact) mass is 317 g/mol. The molecule has 120 valence electrons. The van der Waals surface area contributed by atoms with Crippen LogP contribution >= 0.6 is 0 Å². The standard InChI is InChI=1S/C13H23N3O4S/c1-10(8-16-5-2-3-13(16)18)15-12(17)7-11-9-21(19,20)6-4-14-11/h10-11,14H,2-9H2,1H3,(H,15,17). The van der Waals surface area contributed by atoms with Gasteiger partial charge in [-0.3, -0.25) is 9.59 Å². The third kappa shape index (κ3) is 4.96. The molecule has 0 spiro atoms.